The molecular formula is C21H16F6N4O2. The predicted octanol–water partition coefficient (Wildman–Crippen LogP) is 4.80. The summed E-state index contributed by atoms with van der Waals surface area (Å²) in [6.45, 7) is 1.19. The highest BCUT2D eigenvalue weighted by molar-refractivity contribution is 5.95. The van der Waals surface area contributed by atoms with Gasteiger partial charge in [-0.2, -0.15) is 31.4 Å². The minimum Gasteiger partial charge on any atom is -0.348 e. The van der Waals surface area contributed by atoms with Gasteiger partial charge in [-0.25, -0.2) is 4.68 Å². The largest absolute Gasteiger partial charge is 0.434 e. The van der Waals surface area contributed by atoms with Crippen LogP contribution in [0.2, 0.25) is 0 Å². The van der Waals surface area contributed by atoms with Crippen LogP contribution < -0.4 is 10.6 Å². The first-order chi connectivity index (χ1) is 15.4. The first-order valence-electron chi connectivity index (χ1n) is 9.34. The van der Waals surface area contributed by atoms with Crippen molar-refractivity contribution in [2.75, 3.05) is 5.32 Å². The van der Waals surface area contributed by atoms with Crippen molar-refractivity contribution in [2.45, 2.75) is 25.8 Å². The lowest BCUT2D eigenvalue weighted by Gasteiger charge is -2.14. The Bertz CT molecular complexity index is 1170. The first kappa shape index (κ1) is 23.8. The number of aromatic nitrogens is 2. The molecule has 0 atom stereocenters. The normalized spacial score (nSPS) is 11.8. The van der Waals surface area contributed by atoms with Crippen LogP contribution in [-0.2, 0) is 23.7 Å². The molecule has 33 heavy (non-hydrogen) atoms. The fourth-order valence-corrected chi connectivity index (χ4v) is 2.98. The van der Waals surface area contributed by atoms with E-state index in [0.717, 1.165) is 12.1 Å². The second-order valence-electron chi connectivity index (χ2n) is 6.93. The van der Waals surface area contributed by atoms with Crippen LogP contribution >= 0.6 is 0 Å². The summed E-state index contributed by atoms with van der Waals surface area (Å²) >= 11 is 0. The van der Waals surface area contributed by atoms with Crippen molar-refractivity contribution in [3.8, 4) is 5.69 Å². The lowest BCUT2D eigenvalue weighted by atomic mass is 10.1. The Kier molecular flexibility index (Phi) is 6.47. The fraction of sp³-hybridized carbons (Fsp3) is 0.190. The third-order valence-corrected chi connectivity index (χ3v) is 4.43. The molecule has 12 heteroatoms. The molecule has 3 aromatic rings. The number of nitrogens with zero attached hydrogens (tertiary/aromatic N) is 2. The van der Waals surface area contributed by atoms with Gasteiger partial charge >= 0.3 is 12.4 Å². The average molecular weight is 470 g/mol. The molecule has 2 N–H and O–H groups in total. The maximum atomic E-state index is 13.7. The smallest absolute Gasteiger partial charge is 0.348 e. The van der Waals surface area contributed by atoms with Crippen molar-refractivity contribution in [3.05, 3.63) is 77.1 Å². The summed E-state index contributed by atoms with van der Waals surface area (Å²) < 4.78 is 80.4. The van der Waals surface area contributed by atoms with Crippen LogP contribution in [0.4, 0.5) is 32.0 Å². The molecule has 0 aliphatic rings. The molecule has 0 fully saturated rings. The van der Waals surface area contributed by atoms with Crippen molar-refractivity contribution in [2.24, 2.45) is 0 Å². The number of carbonyl (C=O) groups is 2. The first-order valence-corrected chi connectivity index (χ1v) is 9.34. The van der Waals surface area contributed by atoms with E-state index in [0.29, 0.717) is 29.6 Å². The number of hydrogen-bond donors (Lipinski definition) is 2. The van der Waals surface area contributed by atoms with Crippen LogP contribution in [0, 0.1) is 0 Å². The molecule has 0 spiro atoms. The number of anilines is 1. The molecule has 1 heterocycles. The molecule has 0 radical (unpaired) electrons. The van der Waals surface area contributed by atoms with Gasteiger partial charge in [0.1, 0.15) is 0 Å². The van der Waals surface area contributed by atoms with E-state index in [2.05, 4.69) is 15.7 Å². The Balaban J connectivity index is 1.86. The molecule has 0 unspecified atom stereocenters. The van der Waals surface area contributed by atoms with Crippen LogP contribution in [0.1, 0.15) is 34.1 Å². The van der Waals surface area contributed by atoms with Gasteiger partial charge in [0.15, 0.2) is 5.69 Å². The summed E-state index contributed by atoms with van der Waals surface area (Å²) in [4.78, 5) is 23.5. The van der Waals surface area contributed by atoms with Gasteiger partial charge in [0.05, 0.1) is 23.0 Å². The second kappa shape index (κ2) is 8.96. The number of rotatable bonds is 5. The summed E-state index contributed by atoms with van der Waals surface area (Å²) in [7, 11) is 0. The van der Waals surface area contributed by atoms with Crippen molar-refractivity contribution >= 4 is 17.5 Å². The number of amides is 2. The monoisotopic (exact) mass is 470 g/mol. The number of nitrogens with one attached hydrogen (secondary N) is 2. The molecule has 0 aliphatic heterocycles. The van der Waals surface area contributed by atoms with E-state index in [1.807, 2.05) is 0 Å². The van der Waals surface area contributed by atoms with E-state index in [1.54, 1.807) is 24.3 Å². The summed E-state index contributed by atoms with van der Waals surface area (Å²) in [6.07, 6.45) is -9.19. The minimum absolute atomic E-state index is 0.134. The lowest BCUT2D eigenvalue weighted by molar-refractivity contribution is -0.143. The molecule has 2 aromatic carbocycles. The maximum absolute atomic E-state index is 13.7. The molecule has 0 aliphatic carbocycles. The third kappa shape index (κ3) is 5.70. The van der Waals surface area contributed by atoms with Crippen molar-refractivity contribution in [3.63, 3.8) is 0 Å². The van der Waals surface area contributed by atoms with Crippen LogP contribution in [0.15, 0.2) is 54.7 Å². The Labute approximate surface area is 183 Å². The highest BCUT2D eigenvalue weighted by atomic mass is 19.4. The molecule has 6 nitrogen and oxygen atoms in total. The van der Waals surface area contributed by atoms with Gasteiger partial charge in [-0.3, -0.25) is 9.59 Å². The number of benzene rings is 2. The molecule has 1 aromatic heterocycles. The summed E-state index contributed by atoms with van der Waals surface area (Å²) in [6, 6.07) is 9.42. The minimum atomic E-state index is -5.07. The summed E-state index contributed by atoms with van der Waals surface area (Å²) in [5.74, 6) is -1.39. The van der Waals surface area contributed by atoms with Crippen LogP contribution in [0.25, 0.3) is 5.69 Å². The van der Waals surface area contributed by atoms with Gasteiger partial charge < -0.3 is 10.6 Å². The standard InChI is InChI=1S/C21H16F6N4O2/c1-12(32)30-15-7-5-13(6-8-15)10-28-19(33)17-11-29-31(18(17)21(25,26)27)16-4-2-3-14(9-16)20(22,23)24/h2-9,11H,10H2,1H3,(H,28,33)(H,30,32). The number of halogens is 6. The Hall–Kier alpha value is -3.83. The number of alkyl halides is 6. The van der Waals surface area contributed by atoms with Crippen LogP contribution in [-0.4, -0.2) is 21.6 Å². The van der Waals surface area contributed by atoms with E-state index >= 15 is 0 Å². The highest BCUT2D eigenvalue weighted by Crippen LogP contribution is 2.35. The lowest BCUT2D eigenvalue weighted by Crippen LogP contribution is -2.26. The van der Waals surface area contributed by atoms with Crippen LogP contribution in [0.5, 0.6) is 0 Å². The van der Waals surface area contributed by atoms with Gasteiger partial charge in [0.2, 0.25) is 5.91 Å². The van der Waals surface area contributed by atoms with E-state index < -0.39 is 40.8 Å². The quantitative estimate of drug-likeness (QED) is 0.526. The molecule has 0 saturated heterocycles. The second-order valence-corrected chi connectivity index (χ2v) is 6.93. The Morgan fingerprint density at radius 2 is 1.64 bits per heavy atom. The van der Waals surface area contributed by atoms with Gasteiger partial charge in [0.25, 0.3) is 5.91 Å². The van der Waals surface area contributed by atoms with E-state index in [1.165, 1.54) is 6.92 Å². The summed E-state index contributed by atoms with van der Waals surface area (Å²) in [5.41, 5.74) is -2.95. The zero-order chi connectivity index (χ0) is 24.4. The fourth-order valence-electron chi connectivity index (χ4n) is 2.98. The van der Waals surface area contributed by atoms with Gasteiger partial charge in [-0.1, -0.05) is 18.2 Å². The summed E-state index contributed by atoms with van der Waals surface area (Å²) in [5, 5.41) is 8.39. The van der Waals surface area contributed by atoms with Crippen LogP contribution in [0.3, 0.4) is 0 Å². The van der Waals surface area contributed by atoms with Crippen molar-refractivity contribution < 1.29 is 35.9 Å². The van der Waals surface area contributed by atoms with Gasteiger partial charge in [-0.15, -0.1) is 0 Å². The molecule has 0 bridgehead atoms. The average Bonchev–Trinajstić information content (AvgIpc) is 3.18. The zero-order valence-corrected chi connectivity index (χ0v) is 16.9. The van der Waals surface area contributed by atoms with Crippen molar-refractivity contribution in [1.82, 2.24) is 15.1 Å². The van der Waals surface area contributed by atoms with E-state index in [4.69, 9.17) is 0 Å². The van der Waals surface area contributed by atoms with Crippen molar-refractivity contribution in [1.29, 1.82) is 0 Å². The van der Waals surface area contributed by atoms with Gasteiger partial charge in [-0.05, 0) is 35.9 Å². The molecule has 3 rings (SSSR count). The third-order valence-electron chi connectivity index (χ3n) is 4.43. The number of carbonyl (C=O) groups excluding carboxylic acids is 2. The highest BCUT2D eigenvalue weighted by Gasteiger charge is 2.41. The number of hydrogen-bond acceptors (Lipinski definition) is 3. The molecular weight excluding hydrogens is 454 g/mol. The predicted molar refractivity (Wildman–Crippen MR) is 105 cm³/mol. The van der Waals surface area contributed by atoms with E-state index in [9.17, 15) is 35.9 Å². The topological polar surface area (TPSA) is 76.0 Å². The zero-order valence-electron chi connectivity index (χ0n) is 16.9. The molecule has 2 amide bonds. The maximum Gasteiger partial charge on any atom is 0.434 e. The SMILES string of the molecule is CC(=O)Nc1ccc(CNC(=O)c2cnn(-c3cccc(C(F)(F)F)c3)c2C(F)(F)F)cc1. The van der Waals surface area contributed by atoms with E-state index in [-0.39, 0.29) is 17.1 Å². The molecule has 0 saturated carbocycles. The van der Waals surface area contributed by atoms with Gasteiger partial charge in [0, 0.05) is 19.2 Å². The molecule has 174 valence electrons. The Morgan fingerprint density at radius 3 is 2.21 bits per heavy atom. The Morgan fingerprint density at radius 1 is 0.970 bits per heavy atom.